The average Bonchev–Trinajstić information content (AvgIpc) is 3.11. The normalized spacial score (nSPS) is 14.3. The first-order valence-corrected chi connectivity index (χ1v) is 12.1. The summed E-state index contributed by atoms with van der Waals surface area (Å²) in [5.41, 5.74) is 2.77. The highest BCUT2D eigenvalue weighted by molar-refractivity contribution is 8.18. The molecular weight excluding hydrogens is 500 g/mol. The van der Waals surface area contributed by atoms with Crippen molar-refractivity contribution in [1.82, 2.24) is 4.90 Å². The Morgan fingerprint density at radius 3 is 2.44 bits per heavy atom. The van der Waals surface area contributed by atoms with Gasteiger partial charge in [0.05, 0.1) is 11.4 Å². The van der Waals surface area contributed by atoms with Crippen molar-refractivity contribution in [2.75, 3.05) is 18.5 Å². The molecule has 0 radical (unpaired) electrons. The molecule has 9 heteroatoms. The second-order valence-corrected chi connectivity index (χ2v) is 9.40. The van der Waals surface area contributed by atoms with Gasteiger partial charge in [-0.2, -0.15) is 0 Å². The molecule has 0 spiro atoms. The third kappa shape index (κ3) is 6.41. The number of benzene rings is 3. The Bertz CT molecular complexity index is 1350. The van der Waals surface area contributed by atoms with Crippen LogP contribution >= 0.6 is 23.4 Å². The molecule has 1 N–H and O–H groups in total. The maximum Gasteiger partial charge on any atom is 0.293 e. The highest BCUT2D eigenvalue weighted by atomic mass is 35.5. The van der Waals surface area contributed by atoms with Crippen LogP contribution in [0.2, 0.25) is 5.02 Å². The van der Waals surface area contributed by atoms with Crippen molar-refractivity contribution >= 4 is 58.0 Å². The largest absolute Gasteiger partial charge is 0.484 e. The van der Waals surface area contributed by atoms with Gasteiger partial charge < -0.3 is 10.1 Å². The second-order valence-electron chi connectivity index (χ2n) is 7.97. The molecule has 1 heterocycles. The van der Waals surface area contributed by atoms with Gasteiger partial charge >= 0.3 is 0 Å². The Morgan fingerprint density at radius 1 is 1.03 bits per heavy atom. The van der Waals surface area contributed by atoms with Crippen LogP contribution in [0.1, 0.15) is 21.5 Å². The molecule has 3 aromatic carbocycles. The van der Waals surface area contributed by atoms with E-state index in [1.807, 2.05) is 25.1 Å². The third-order valence-corrected chi connectivity index (χ3v) is 6.35. The number of rotatable bonds is 8. The Kier molecular flexibility index (Phi) is 7.87. The fraction of sp³-hybridized carbons (Fsp3) is 0.111. The zero-order valence-electron chi connectivity index (χ0n) is 19.2. The fourth-order valence-electron chi connectivity index (χ4n) is 3.39. The molecule has 3 amide bonds. The van der Waals surface area contributed by atoms with E-state index in [1.54, 1.807) is 60.7 Å². The van der Waals surface area contributed by atoms with E-state index in [4.69, 9.17) is 16.3 Å². The van der Waals surface area contributed by atoms with Crippen LogP contribution in [0, 0.1) is 6.92 Å². The van der Waals surface area contributed by atoms with E-state index in [1.165, 1.54) is 0 Å². The molecule has 0 aromatic heterocycles. The predicted molar refractivity (Wildman–Crippen MR) is 140 cm³/mol. The summed E-state index contributed by atoms with van der Waals surface area (Å²) in [5.74, 6) is -0.691. The van der Waals surface area contributed by atoms with Crippen molar-refractivity contribution in [3.05, 3.63) is 99.4 Å². The number of nitrogens with one attached hydrogen (secondary N) is 1. The number of imide groups is 1. The monoisotopic (exact) mass is 520 g/mol. The molecule has 0 saturated carbocycles. The summed E-state index contributed by atoms with van der Waals surface area (Å²) in [4.78, 5) is 50.8. The van der Waals surface area contributed by atoms with E-state index < -0.39 is 11.1 Å². The van der Waals surface area contributed by atoms with E-state index in [0.717, 1.165) is 22.2 Å². The van der Waals surface area contributed by atoms with Crippen LogP contribution in [-0.2, 0) is 9.59 Å². The molecule has 0 bridgehead atoms. The molecular formula is C27H21ClN2O5S. The zero-order valence-corrected chi connectivity index (χ0v) is 20.8. The van der Waals surface area contributed by atoms with Crippen LogP contribution in [0.4, 0.5) is 10.5 Å². The number of ether oxygens (including phenoxy) is 1. The number of thioether (sulfide) groups is 1. The maximum atomic E-state index is 12.7. The smallest absolute Gasteiger partial charge is 0.293 e. The minimum absolute atomic E-state index is 0.159. The number of hydrogen-bond donors (Lipinski definition) is 1. The number of ketones is 1. The van der Waals surface area contributed by atoms with Gasteiger partial charge in [0.25, 0.3) is 17.1 Å². The molecule has 36 heavy (non-hydrogen) atoms. The number of hydrogen-bond acceptors (Lipinski definition) is 6. The lowest BCUT2D eigenvalue weighted by molar-refractivity contribution is -0.122. The minimum atomic E-state index is -0.527. The van der Waals surface area contributed by atoms with Gasteiger partial charge in [-0.3, -0.25) is 24.1 Å². The zero-order chi connectivity index (χ0) is 25.7. The van der Waals surface area contributed by atoms with Gasteiger partial charge in [-0.15, -0.1) is 0 Å². The molecule has 7 nitrogen and oxygen atoms in total. The Hall–Kier alpha value is -3.88. The van der Waals surface area contributed by atoms with Gasteiger partial charge in [0.2, 0.25) is 0 Å². The third-order valence-electron chi connectivity index (χ3n) is 5.19. The first kappa shape index (κ1) is 25.2. The van der Waals surface area contributed by atoms with Crippen molar-refractivity contribution in [2.24, 2.45) is 0 Å². The second kappa shape index (κ2) is 11.2. The number of carbonyl (C=O) groups is 4. The number of Topliss-reactive ketones (excluding diaryl/α,β-unsaturated/α-hetero) is 1. The van der Waals surface area contributed by atoms with E-state index in [-0.39, 0.29) is 29.7 Å². The van der Waals surface area contributed by atoms with Gasteiger partial charge in [-0.25, -0.2) is 0 Å². The number of anilines is 1. The predicted octanol–water partition coefficient (Wildman–Crippen LogP) is 5.59. The highest BCUT2D eigenvalue weighted by Gasteiger charge is 2.36. The maximum absolute atomic E-state index is 12.7. The summed E-state index contributed by atoms with van der Waals surface area (Å²) in [7, 11) is 0. The summed E-state index contributed by atoms with van der Waals surface area (Å²) in [6, 6.07) is 20.5. The van der Waals surface area contributed by atoms with Crippen LogP contribution in [-0.4, -0.2) is 40.9 Å². The SMILES string of the molecule is Cc1cccc(NC(=O)COc2ccc(/C=C3/SC(=O)N(CC(=O)c4ccc(Cl)cc4)C3=O)cc2)c1. The van der Waals surface area contributed by atoms with E-state index in [2.05, 4.69) is 5.32 Å². The number of carbonyl (C=O) groups excluding carboxylic acids is 4. The lowest BCUT2D eigenvalue weighted by Gasteiger charge is -2.11. The van der Waals surface area contributed by atoms with Crippen molar-refractivity contribution in [3.8, 4) is 5.75 Å². The molecule has 0 unspecified atom stereocenters. The van der Waals surface area contributed by atoms with Gasteiger partial charge in [-0.05, 0) is 84.4 Å². The summed E-state index contributed by atoms with van der Waals surface area (Å²) >= 11 is 6.62. The topological polar surface area (TPSA) is 92.8 Å². The van der Waals surface area contributed by atoms with Crippen LogP contribution in [0.3, 0.4) is 0 Å². The van der Waals surface area contributed by atoms with Crippen LogP contribution in [0.5, 0.6) is 5.75 Å². The molecule has 1 saturated heterocycles. The molecule has 1 aliphatic rings. The molecule has 3 aromatic rings. The van der Waals surface area contributed by atoms with E-state index >= 15 is 0 Å². The lowest BCUT2D eigenvalue weighted by atomic mass is 10.1. The number of nitrogens with zero attached hydrogens (tertiary/aromatic N) is 1. The summed E-state index contributed by atoms with van der Waals surface area (Å²) < 4.78 is 5.53. The van der Waals surface area contributed by atoms with Crippen molar-refractivity contribution in [2.45, 2.75) is 6.92 Å². The number of halogens is 1. The standard InChI is InChI=1S/C27H21ClN2O5S/c1-17-3-2-4-21(13-17)29-25(32)16-35-22-11-5-18(6-12-22)14-24-26(33)30(27(34)36-24)15-23(31)19-7-9-20(28)10-8-19/h2-14H,15-16H2,1H3,(H,29,32)/b24-14+. The van der Waals surface area contributed by atoms with Crippen LogP contribution in [0.25, 0.3) is 6.08 Å². The van der Waals surface area contributed by atoms with Gasteiger partial charge in [-0.1, -0.05) is 35.9 Å². The summed E-state index contributed by atoms with van der Waals surface area (Å²) in [5, 5.41) is 2.75. The quantitative estimate of drug-likeness (QED) is 0.307. The number of amides is 3. The first-order valence-electron chi connectivity index (χ1n) is 10.9. The van der Waals surface area contributed by atoms with Crippen molar-refractivity contribution in [3.63, 3.8) is 0 Å². The summed E-state index contributed by atoms with van der Waals surface area (Å²) in [6.07, 6.45) is 1.58. The van der Waals surface area contributed by atoms with Crippen LogP contribution < -0.4 is 10.1 Å². The van der Waals surface area contributed by atoms with Crippen LogP contribution in [0.15, 0.2) is 77.7 Å². The fourth-order valence-corrected chi connectivity index (χ4v) is 4.35. The highest BCUT2D eigenvalue weighted by Crippen LogP contribution is 2.32. The van der Waals surface area contributed by atoms with Gasteiger partial charge in [0.15, 0.2) is 12.4 Å². The molecule has 4 rings (SSSR count). The Labute approximate surface area is 217 Å². The molecule has 0 aliphatic carbocycles. The Morgan fingerprint density at radius 2 is 1.75 bits per heavy atom. The summed E-state index contributed by atoms with van der Waals surface area (Å²) in [6.45, 7) is 1.43. The first-order chi connectivity index (χ1) is 17.3. The van der Waals surface area contributed by atoms with Gasteiger partial charge in [0, 0.05) is 16.3 Å². The van der Waals surface area contributed by atoms with Crippen molar-refractivity contribution in [1.29, 1.82) is 0 Å². The van der Waals surface area contributed by atoms with E-state index in [0.29, 0.717) is 27.6 Å². The average molecular weight is 521 g/mol. The number of aryl methyl sites for hydroxylation is 1. The molecule has 0 atom stereocenters. The molecule has 1 aliphatic heterocycles. The Balaban J connectivity index is 1.33. The van der Waals surface area contributed by atoms with E-state index in [9.17, 15) is 19.2 Å². The molecule has 1 fully saturated rings. The molecule has 182 valence electrons. The van der Waals surface area contributed by atoms with Crippen molar-refractivity contribution < 1.29 is 23.9 Å². The van der Waals surface area contributed by atoms with Gasteiger partial charge in [0.1, 0.15) is 5.75 Å². The lowest BCUT2D eigenvalue weighted by Crippen LogP contribution is -2.33. The minimum Gasteiger partial charge on any atom is -0.484 e.